The Labute approximate surface area is 173 Å². The highest BCUT2D eigenvalue weighted by molar-refractivity contribution is 7.92. The van der Waals surface area contributed by atoms with Gasteiger partial charge < -0.3 is 4.42 Å². The Morgan fingerprint density at radius 3 is 2.43 bits per heavy atom. The van der Waals surface area contributed by atoms with Gasteiger partial charge in [0.15, 0.2) is 0 Å². The maximum Gasteiger partial charge on any atom is 0.346 e. The summed E-state index contributed by atoms with van der Waals surface area (Å²) in [6.45, 7) is 1.90. The number of aromatic nitrogens is 1. The summed E-state index contributed by atoms with van der Waals surface area (Å²) in [7, 11) is -3.81. The van der Waals surface area contributed by atoms with Crippen LogP contribution in [0.1, 0.15) is 29.5 Å². The molecule has 0 saturated heterocycles. The minimum Gasteiger partial charge on any atom is -0.422 e. The Morgan fingerprint density at radius 2 is 1.67 bits per heavy atom. The third-order valence-corrected chi connectivity index (χ3v) is 6.98. The van der Waals surface area contributed by atoms with Crippen molar-refractivity contribution in [1.82, 2.24) is 4.98 Å². The Kier molecular flexibility index (Phi) is 4.36. The Bertz CT molecular complexity index is 1460. The van der Waals surface area contributed by atoms with Crippen LogP contribution in [-0.4, -0.2) is 13.4 Å². The number of sulfonamides is 1. The van der Waals surface area contributed by atoms with Crippen LogP contribution in [0.15, 0.2) is 62.6 Å². The number of pyridine rings is 1. The van der Waals surface area contributed by atoms with Crippen molar-refractivity contribution < 1.29 is 12.8 Å². The summed E-state index contributed by atoms with van der Waals surface area (Å²) >= 11 is 0. The fourth-order valence-corrected chi connectivity index (χ4v) is 5.16. The van der Waals surface area contributed by atoms with Crippen molar-refractivity contribution >= 4 is 37.7 Å². The SMILES string of the molecule is Cc1ccc(S(=O)(=O)Nc2nc3c(c4c2CCCC4)c(=O)oc2ccccc23)cc1. The van der Waals surface area contributed by atoms with E-state index in [1.807, 2.05) is 19.1 Å². The van der Waals surface area contributed by atoms with Gasteiger partial charge in [0.2, 0.25) is 0 Å². The van der Waals surface area contributed by atoms with Crippen molar-refractivity contribution in [2.45, 2.75) is 37.5 Å². The number of benzene rings is 2. The molecule has 0 unspecified atom stereocenters. The summed E-state index contributed by atoms with van der Waals surface area (Å²) in [5, 5.41) is 1.15. The van der Waals surface area contributed by atoms with Gasteiger partial charge in [-0.3, -0.25) is 4.72 Å². The molecule has 0 aliphatic heterocycles. The number of nitrogens with one attached hydrogen (secondary N) is 1. The quantitative estimate of drug-likeness (QED) is 0.394. The molecule has 0 amide bonds. The minimum absolute atomic E-state index is 0.178. The van der Waals surface area contributed by atoms with Crippen molar-refractivity contribution in [2.24, 2.45) is 0 Å². The highest BCUT2D eigenvalue weighted by atomic mass is 32.2. The summed E-state index contributed by atoms with van der Waals surface area (Å²) in [6, 6.07) is 13.9. The fourth-order valence-electron chi connectivity index (χ4n) is 4.13. The molecular formula is C23H20N2O4S. The second-order valence-corrected chi connectivity index (χ2v) is 9.33. The second kappa shape index (κ2) is 6.95. The van der Waals surface area contributed by atoms with Crippen molar-refractivity contribution in [2.75, 3.05) is 4.72 Å². The lowest BCUT2D eigenvalue weighted by molar-refractivity contribution is 0.567. The molecule has 0 fully saturated rings. The molecule has 0 atom stereocenters. The van der Waals surface area contributed by atoms with E-state index in [1.165, 1.54) is 0 Å². The van der Waals surface area contributed by atoms with Gasteiger partial charge >= 0.3 is 5.63 Å². The molecule has 30 heavy (non-hydrogen) atoms. The summed E-state index contributed by atoms with van der Waals surface area (Å²) in [5.74, 6) is 0.300. The molecule has 1 aliphatic carbocycles. The average Bonchev–Trinajstić information content (AvgIpc) is 2.74. The molecule has 6 nitrogen and oxygen atoms in total. The van der Waals surface area contributed by atoms with E-state index in [2.05, 4.69) is 9.71 Å². The van der Waals surface area contributed by atoms with Crippen LogP contribution in [0, 0.1) is 6.92 Å². The summed E-state index contributed by atoms with van der Waals surface area (Å²) < 4.78 is 34.3. The van der Waals surface area contributed by atoms with E-state index >= 15 is 0 Å². The largest absolute Gasteiger partial charge is 0.422 e. The zero-order valence-electron chi connectivity index (χ0n) is 16.4. The predicted molar refractivity (Wildman–Crippen MR) is 116 cm³/mol. The minimum atomic E-state index is -3.81. The van der Waals surface area contributed by atoms with Crippen LogP contribution in [0.4, 0.5) is 5.82 Å². The predicted octanol–water partition coefficient (Wildman–Crippen LogP) is 4.33. The first-order valence-electron chi connectivity index (χ1n) is 9.91. The molecule has 2 aromatic carbocycles. The maximum absolute atomic E-state index is 13.0. The Balaban J connectivity index is 1.77. The lowest BCUT2D eigenvalue weighted by Gasteiger charge is -2.21. The molecule has 7 heteroatoms. The number of rotatable bonds is 3. The first kappa shape index (κ1) is 18.8. The summed E-state index contributed by atoms with van der Waals surface area (Å²) in [5.41, 5.74) is 3.09. The molecule has 0 bridgehead atoms. The van der Waals surface area contributed by atoms with E-state index in [4.69, 9.17) is 4.42 Å². The van der Waals surface area contributed by atoms with Crippen LogP contribution in [0.5, 0.6) is 0 Å². The fraction of sp³-hybridized carbons (Fsp3) is 0.217. The van der Waals surface area contributed by atoms with Gasteiger partial charge in [0.05, 0.1) is 15.8 Å². The molecule has 2 aromatic heterocycles. The van der Waals surface area contributed by atoms with Gasteiger partial charge in [-0.1, -0.05) is 29.8 Å². The molecule has 0 spiro atoms. The van der Waals surface area contributed by atoms with Gasteiger partial charge in [-0.05, 0) is 68.0 Å². The summed E-state index contributed by atoms with van der Waals surface area (Å²) in [4.78, 5) is 17.6. The monoisotopic (exact) mass is 420 g/mol. The molecule has 1 N–H and O–H groups in total. The van der Waals surface area contributed by atoms with Crippen LogP contribution >= 0.6 is 0 Å². The molecule has 2 heterocycles. The lowest BCUT2D eigenvalue weighted by Crippen LogP contribution is -2.19. The third-order valence-electron chi connectivity index (χ3n) is 5.63. The van der Waals surface area contributed by atoms with E-state index < -0.39 is 15.6 Å². The maximum atomic E-state index is 13.0. The van der Waals surface area contributed by atoms with Crippen molar-refractivity contribution in [3.63, 3.8) is 0 Å². The Hall–Kier alpha value is -3.19. The molecule has 0 saturated carbocycles. The number of para-hydroxylation sites is 1. The van der Waals surface area contributed by atoms with Gasteiger partial charge in [-0.25, -0.2) is 18.2 Å². The molecule has 152 valence electrons. The van der Waals surface area contributed by atoms with E-state index in [-0.39, 0.29) is 4.90 Å². The number of anilines is 1. The van der Waals surface area contributed by atoms with Gasteiger partial charge in [0, 0.05) is 5.39 Å². The highest BCUT2D eigenvalue weighted by Gasteiger charge is 2.25. The van der Waals surface area contributed by atoms with E-state index in [1.54, 1.807) is 36.4 Å². The normalized spacial score (nSPS) is 14.0. The van der Waals surface area contributed by atoms with E-state index in [0.29, 0.717) is 40.5 Å². The zero-order valence-corrected chi connectivity index (χ0v) is 17.3. The molecular weight excluding hydrogens is 400 g/mol. The van der Waals surface area contributed by atoms with Crippen LogP contribution in [0.3, 0.4) is 0 Å². The van der Waals surface area contributed by atoms with Crippen LogP contribution in [0.25, 0.3) is 21.9 Å². The van der Waals surface area contributed by atoms with Crippen molar-refractivity contribution in [1.29, 1.82) is 0 Å². The van der Waals surface area contributed by atoms with Gasteiger partial charge in [0.25, 0.3) is 10.0 Å². The van der Waals surface area contributed by atoms with Crippen molar-refractivity contribution in [3.05, 3.63) is 75.6 Å². The zero-order chi connectivity index (χ0) is 20.9. The highest BCUT2D eigenvalue weighted by Crippen LogP contribution is 2.34. The Morgan fingerprint density at radius 1 is 0.967 bits per heavy atom. The topological polar surface area (TPSA) is 89.3 Å². The summed E-state index contributed by atoms with van der Waals surface area (Å²) in [6.07, 6.45) is 3.20. The first-order valence-corrected chi connectivity index (χ1v) is 11.4. The standard InChI is InChI=1S/C23H20N2O4S/c1-14-10-12-15(13-11-14)30(27,28)25-22-17-7-3-2-6-16(17)20-21(24-22)18-8-4-5-9-19(18)29-23(20)26/h4-5,8-13H,2-3,6-7H2,1H3,(H,24,25). The van der Waals surface area contributed by atoms with Crippen LogP contribution < -0.4 is 10.3 Å². The third kappa shape index (κ3) is 3.06. The molecule has 1 aliphatic rings. The van der Waals surface area contributed by atoms with Gasteiger partial charge in [-0.15, -0.1) is 0 Å². The lowest BCUT2D eigenvalue weighted by atomic mass is 9.89. The van der Waals surface area contributed by atoms with E-state index in [9.17, 15) is 13.2 Å². The van der Waals surface area contributed by atoms with Crippen molar-refractivity contribution in [3.8, 4) is 0 Å². The van der Waals surface area contributed by atoms with Crippen LogP contribution in [0.2, 0.25) is 0 Å². The van der Waals surface area contributed by atoms with Gasteiger partial charge in [0.1, 0.15) is 11.4 Å². The second-order valence-electron chi connectivity index (χ2n) is 7.65. The smallest absolute Gasteiger partial charge is 0.346 e. The first-order chi connectivity index (χ1) is 14.4. The number of nitrogens with zero attached hydrogens (tertiary/aromatic N) is 1. The molecule has 5 rings (SSSR count). The number of aryl methyl sites for hydroxylation is 2. The molecule has 4 aromatic rings. The number of fused-ring (bicyclic) bond motifs is 5. The number of hydrogen-bond acceptors (Lipinski definition) is 5. The number of hydrogen-bond donors (Lipinski definition) is 1. The average molecular weight is 420 g/mol. The van der Waals surface area contributed by atoms with E-state index in [0.717, 1.165) is 29.5 Å². The molecule has 0 radical (unpaired) electrons. The van der Waals surface area contributed by atoms with Gasteiger partial charge in [-0.2, -0.15) is 0 Å². The van der Waals surface area contributed by atoms with Crippen LogP contribution in [-0.2, 0) is 22.9 Å².